The average molecular weight is 342 g/mol. The highest BCUT2D eigenvalue weighted by atomic mass is 127. The summed E-state index contributed by atoms with van der Waals surface area (Å²) in [6.07, 6.45) is 8.33. The van der Waals surface area contributed by atoms with Crippen LogP contribution in [-0.4, -0.2) is 23.4 Å². The molecule has 0 aromatic rings. The molecule has 0 unspecified atom stereocenters. The molecule has 0 N–H and O–H groups in total. The van der Waals surface area contributed by atoms with E-state index in [1.165, 1.54) is 32.1 Å². The van der Waals surface area contributed by atoms with Gasteiger partial charge in [0.1, 0.15) is 6.10 Å². The third-order valence-electron chi connectivity index (χ3n) is 2.76. The third-order valence-corrected chi connectivity index (χ3v) is 3.74. The molecule has 1 aliphatic heterocycles. The van der Waals surface area contributed by atoms with E-state index in [1.807, 2.05) is 0 Å². The van der Waals surface area contributed by atoms with Gasteiger partial charge in [-0.05, 0) is 6.42 Å². The van der Waals surface area contributed by atoms with Crippen molar-refractivity contribution >= 4 is 22.6 Å². The van der Waals surface area contributed by atoms with Crippen molar-refractivity contribution in [2.24, 2.45) is 0 Å². The monoisotopic (exact) mass is 342 g/mol. The van der Waals surface area contributed by atoms with Crippen LogP contribution in [0, 0.1) is 0 Å². The van der Waals surface area contributed by atoms with Crippen LogP contribution in [0.1, 0.15) is 51.9 Å². The summed E-state index contributed by atoms with van der Waals surface area (Å²) in [6.45, 7) is 2.99. The molecule has 1 rings (SSSR count). The number of alkyl halides is 1. The zero-order valence-corrected chi connectivity index (χ0v) is 12.3. The van der Waals surface area contributed by atoms with Gasteiger partial charge in [-0.3, -0.25) is 0 Å². The molecule has 4 heteroatoms. The summed E-state index contributed by atoms with van der Waals surface area (Å²) in [7, 11) is 0. The van der Waals surface area contributed by atoms with Crippen LogP contribution in [0.2, 0.25) is 0 Å². The van der Waals surface area contributed by atoms with Crippen molar-refractivity contribution in [3.63, 3.8) is 0 Å². The summed E-state index contributed by atoms with van der Waals surface area (Å²) in [5.41, 5.74) is 0. The quantitative estimate of drug-likeness (QED) is 0.304. The molecule has 1 heterocycles. The molecule has 1 fully saturated rings. The van der Waals surface area contributed by atoms with Crippen LogP contribution in [0.15, 0.2) is 0 Å². The second kappa shape index (κ2) is 9.62. The van der Waals surface area contributed by atoms with Crippen molar-refractivity contribution in [3.05, 3.63) is 0 Å². The molecule has 16 heavy (non-hydrogen) atoms. The summed E-state index contributed by atoms with van der Waals surface area (Å²) < 4.78 is 6.55. The molecule has 1 aliphatic rings. The van der Waals surface area contributed by atoms with E-state index in [9.17, 15) is 0 Å². The molecule has 0 spiro atoms. The highest BCUT2D eigenvalue weighted by molar-refractivity contribution is 14.1. The summed E-state index contributed by atoms with van der Waals surface area (Å²) >= 11 is 2.31. The Kier molecular flexibility index (Phi) is 8.82. The lowest BCUT2D eigenvalue weighted by Gasteiger charge is -2.14. The van der Waals surface area contributed by atoms with Gasteiger partial charge in [-0.25, -0.2) is 9.78 Å². The summed E-state index contributed by atoms with van der Waals surface area (Å²) in [5.74, 6) is 0. The van der Waals surface area contributed by atoms with Gasteiger partial charge in [-0.2, -0.15) is 0 Å². The predicted molar refractivity (Wildman–Crippen MR) is 72.6 cm³/mol. The van der Waals surface area contributed by atoms with Gasteiger partial charge in [0.2, 0.25) is 0 Å². The SMILES string of the molecule is CCCCCCC[C@@H]1OCC[C@H](CI)OO1. The number of rotatable bonds is 7. The maximum atomic E-state index is 5.59. The van der Waals surface area contributed by atoms with Gasteiger partial charge in [0.25, 0.3) is 0 Å². The Hall–Kier alpha value is 0.610. The fourth-order valence-electron chi connectivity index (χ4n) is 1.70. The summed E-state index contributed by atoms with van der Waals surface area (Å²) in [6, 6.07) is 0. The van der Waals surface area contributed by atoms with Crippen LogP contribution in [0.3, 0.4) is 0 Å². The molecule has 0 saturated carbocycles. The molecule has 96 valence electrons. The topological polar surface area (TPSA) is 27.7 Å². The van der Waals surface area contributed by atoms with Gasteiger partial charge < -0.3 is 4.74 Å². The Labute approximate surface area is 112 Å². The van der Waals surface area contributed by atoms with Crippen molar-refractivity contribution in [1.82, 2.24) is 0 Å². The van der Waals surface area contributed by atoms with Crippen LogP contribution in [0.5, 0.6) is 0 Å². The van der Waals surface area contributed by atoms with Gasteiger partial charge in [-0.1, -0.05) is 55.2 Å². The van der Waals surface area contributed by atoms with Crippen molar-refractivity contribution in [2.45, 2.75) is 64.3 Å². The van der Waals surface area contributed by atoms with Gasteiger partial charge in [0.15, 0.2) is 6.29 Å². The van der Waals surface area contributed by atoms with E-state index in [2.05, 4.69) is 29.5 Å². The Morgan fingerprint density at radius 1 is 1.12 bits per heavy atom. The summed E-state index contributed by atoms with van der Waals surface area (Å²) in [5, 5.41) is 0. The van der Waals surface area contributed by atoms with E-state index in [4.69, 9.17) is 14.5 Å². The minimum absolute atomic E-state index is 0.144. The fraction of sp³-hybridized carbons (Fsp3) is 1.00. The first kappa shape index (κ1) is 14.7. The summed E-state index contributed by atoms with van der Waals surface area (Å²) in [4.78, 5) is 10.6. The molecular weight excluding hydrogens is 319 g/mol. The number of unbranched alkanes of at least 4 members (excludes halogenated alkanes) is 4. The molecule has 0 aromatic carbocycles. The van der Waals surface area contributed by atoms with Gasteiger partial charge in [0.05, 0.1) is 6.61 Å². The lowest BCUT2D eigenvalue weighted by Crippen LogP contribution is -2.17. The predicted octanol–water partition coefficient (Wildman–Crippen LogP) is 3.85. The minimum atomic E-state index is -0.144. The molecule has 0 radical (unpaired) electrons. The molecule has 0 aliphatic carbocycles. The molecule has 3 nitrogen and oxygen atoms in total. The van der Waals surface area contributed by atoms with Gasteiger partial charge in [-0.15, -0.1) is 0 Å². The second-order valence-corrected chi connectivity index (χ2v) is 5.14. The first-order valence-electron chi connectivity index (χ1n) is 6.36. The number of hydrogen-bond donors (Lipinski definition) is 0. The van der Waals surface area contributed by atoms with Crippen LogP contribution in [0.25, 0.3) is 0 Å². The standard InChI is InChI=1S/C12H23IO3/c1-2-3-4-5-6-7-12-14-9-8-11(10-13)15-16-12/h11-12H,2-10H2,1H3/t11-,12-/m1/s1. The van der Waals surface area contributed by atoms with E-state index in [1.54, 1.807) is 0 Å². The maximum Gasteiger partial charge on any atom is 0.191 e. The smallest absolute Gasteiger partial charge is 0.191 e. The van der Waals surface area contributed by atoms with Crippen LogP contribution in [-0.2, 0) is 14.5 Å². The van der Waals surface area contributed by atoms with Crippen molar-refractivity contribution in [3.8, 4) is 0 Å². The van der Waals surface area contributed by atoms with E-state index in [0.29, 0.717) is 0 Å². The van der Waals surface area contributed by atoms with Crippen LogP contribution >= 0.6 is 22.6 Å². The third kappa shape index (κ3) is 6.37. The highest BCUT2D eigenvalue weighted by Gasteiger charge is 2.19. The molecule has 2 atom stereocenters. The van der Waals surface area contributed by atoms with Gasteiger partial charge in [0, 0.05) is 17.3 Å². The molecule has 0 amide bonds. The number of halogens is 1. The molecule has 0 aromatic heterocycles. The van der Waals surface area contributed by atoms with E-state index in [0.717, 1.165) is 23.9 Å². The second-order valence-electron chi connectivity index (χ2n) is 4.26. The average Bonchev–Trinajstić information content (AvgIpc) is 2.54. The van der Waals surface area contributed by atoms with E-state index >= 15 is 0 Å². The lowest BCUT2D eigenvalue weighted by molar-refractivity contribution is -0.379. The van der Waals surface area contributed by atoms with Crippen molar-refractivity contribution < 1.29 is 14.5 Å². The Morgan fingerprint density at radius 3 is 2.69 bits per heavy atom. The largest absolute Gasteiger partial charge is 0.350 e. The van der Waals surface area contributed by atoms with Crippen molar-refractivity contribution in [1.29, 1.82) is 0 Å². The molecule has 0 bridgehead atoms. The molecular formula is C12H23IO3. The number of ether oxygens (including phenoxy) is 1. The van der Waals surface area contributed by atoms with Crippen LogP contribution in [0.4, 0.5) is 0 Å². The van der Waals surface area contributed by atoms with Crippen LogP contribution < -0.4 is 0 Å². The zero-order valence-electron chi connectivity index (χ0n) is 10.1. The Morgan fingerprint density at radius 2 is 1.94 bits per heavy atom. The normalized spacial score (nSPS) is 26.6. The fourth-order valence-corrected chi connectivity index (χ4v) is 2.28. The maximum absolute atomic E-state index is 5.59. The first-order chi connectivity index (χ1) is 7.86. The minimum Gasteiger partial charge on any atom is -0.350 e. The lowest BCUT2D eigenvalue weighted by atomic mass is 10.1. The van der Waals surface area contributed by atoms with E-state index < -0.39 is 0 Å². The Bertz CT molecular complexity index is 166. The van der Waals surface area contributed by atoms with E-state index in [-0.39, 0.29) is 12.4 Å². The first-order valence-corrected chi connectivity index (χ1v) is 7.89. The van der Waals surface area contributed by atoms with Crippen molar-refractivity contribution in [2.75, 3.05) is 11.0 Å². The van der Waals surface area contributed by atoms with Gasteiger partial charge >= 0.3 is 0 Å². The Balaban J connectivity index is 2.03. The number of hydrogen-bond acceptors (Lipinski definition) is 3. The highest BCUT2D eigenvalue weighted by Crippen LogP contribution is 2.17. The zero-order chi connectivity index (χ0) is 11.6. The molecule has 1 saturated heterocycles.